The van der Waals surface area contributed by atoms with Gasteiger partial charge in [-0.25, -0.2) is 8.42 Å². The Morgan fingerprint density at radius 2 is 1.73 bits per heavy atom. The minimum atomic E-state index is -4.00. The highest BCUT2D eigenvalue weighted by atomic mass is 32.2. The van der Waals surface area contributed by atoms with Gasteiger partial charge in [-0.1, -0.05) is 13.8 Å². The summed E-state index contributed by atoms with van der Waals surface area (Å²) in [5.41, 5.74) is 1.25. The van der Waals surface area contributed by atoms with Gasteiger partial charge in [0, 0.05) is 5.56 Å². The normalized spacial score (nSPS) is 12.7. The van der Waals surface area contributed by atoms with Crippen LogP contribution in [0.1, 0.15) is 13.8 Å². The van der Waals surface area contributed by atoms with Crippen LogP contribution < -0.4 is 9.46 Å². The van der Waals surface area contributed by atoms with Gasteiger partial charge in [-0.05, 0) is 59.7 Å². The average molecular weight is 431 g/mol. The van der Waals surface area contributed by atoms with E-state index < -0.39 is 28.0 Å². The largest absolute Gasteiger partial charge is 0.497 e. The summed E-state index contributed by atoms with van der Waals surface area (Å²) in [6.07, 6.45) is 0. The van der Waals surface area contributed by atoms with Gasteiger partial charge in [0.1, 0.15) is 11.8 Å². The predicted molar refractivity (Wildman–Crippen MR) is 108 cm³/mol. The zero-order valence-electron chi connectivity index (χ0n) is 16.6. The van der Waals surface area contributed by atoms with Gasteiger partial charge in [0.25, 0.3) is 0 Å². The molecule has 0 unspecified atom stereocenters. The first-order valence-electron chi connectivity index (χ1n) is 9.01. The van der Waals surface area contributed by atoms with Crippen LogP contribution in [0, 0.1) is 5.92 Å². The lowest BCUT2D eigenvalue weighted by atomic mass is 10.1. The van der Waals surface area contributed by atoms with Crippen molar-refractivity contribution in [2.24, 2.45) is 5.92 Å². The first-order valence-corrected chi connectivity index (χ1v) is 10.5. The Bertz CT molecular complexity index is 1120. The Labute approximate surface area is 173 Å². The molecule has 0 aliphatic rings. The van der Waals surface area contributed by atoms with Gasteiger partial charge in [0.15, 0.2) is 0 Å². The summed E-state index contributed by atoms with van der Waals surface area (Å²) < 4.78 is 32.3. The van der Waals surface area contributed by atoms with Crippen LogP contribution in [0.3, 0.4) is 0 Å². The van der Waals surface area contributed by atoms with E-state index in [0.717, 1.165) is 0 Å². The molecule has 1 aromatic heterocycles. The average Bonchev–Trinajstić information content (AvgIpc) is 3.22. The maximum absolute atomic E-state index is 12.5. The number of hydrogen-bond acceptors (Lipinski definition) is 7. The molecule has 10 nitrogen and oxygen atoms in total. The monoisotopic (exact) mass is 431 g/mol. The van der Waals surface area contributed by atoms with Crippen molar-refractivity contribution >= 4 is 16.0 Å². The summed E-state index contributed by atoms with van der Waals surface area (Å²) >= 11 is 0. The van der Waals surface area contributed by atoms with E-state index in [0.29, 0.717) is 22.8 Å². The highest BCUT2D eigenvalue weighted by Gasteiger charge is 2.28. The van der Waals surface area contributed by atoms with Gasteiger partial charge in [0.2, 0.25) is 15.8 Å². The summed E-state index contributed by atoms with van der Waals surface area (Å²) in [4.78, 5) is 12.6. The van der Waals surface area contributed by atoms with E-state index in [2.05, 4.69) is 20.1 Å². The topological polar surface area (TPSA) is 136 Å². The minimum absolute atomic E-state index is 0.0549. The van der Waals surface area contributed by atoms with Crippen molar-refractivity contribution in [2.75, 3.05) is 7.11 Å². The number of hydrogen-bond donors (Lipinski definition) is 2. The lowest BCUT2D eigenvalue weighted by molar-refractivity contribution is -0.140. The molecule has 2 aromatic carbocycles. The third-order valence-corrected chi connectivity index (χ3v) is 5.81. The molecule has 1 atom stereocenters. The summed E-state index contributed by atoms with van der Waals surface area (Å²) in [5.74, 6) is -0.626. The van der Waals surface area contributed by atoms with Crippen molar-refractivity contribution in [2.45, 2.75) is 24.8 Å². The molecule has 11 heteroatoms. The number of nitrogens with zero attached hydrogens (tertiary/aromatic N) is 4. The molecule has 0 spiro atoms. The second-order valence-electron chi connectivity index (χ2n) is 6.81. The van der Waals surface area contributed by atoms with E-state index in [-0.39, 0.29) is 4.90 Å². The fourth-order valence-electron chi connectivity index (χ4n) is 2.64. The zero-order chi connectivity index (χ0) is 21.9. The molecule has 3 rings (SSSR count). The summed E-state index contributed by atoms with van der Waals surface area (Å²) in [6.45, 7) is 3.25. The minimum Gasteiger partial charge on any atom is -0.497 e. The molecule has 0 bridgehead atoms. The molecule has 0 fully saturated rings. The van der Waals surface area contributed by atoms with Crippen molar-refractivity contribution in [3.63, 3.8) is 0 Å². The second kappa shape index (κ2) is 8.59. The van der Waals surface area contributed by atoms with E-state index in [4.69, 9.17) is 4.74 Å². The number of sulfonamides is 1. The number of ether oxygens (including phenoxy) is 1. The van der Waals surface area contributed by atoms with Crippen LogP contribution in [-0.4, -0.2) is 52.9 Å². The zero-order valence-corrected chi connectivity index (χ0v) is 17.4. The van der Waals surface area contributed by atoms with E-state index in [1.54, 1.807) is 45.2 Å². The van der Waals surface area contributed by atoms with Crippen molar-refractivity contribution in [3.05, 3.63) is 48.5 Å². The fraction of sp³-hybridized carbons (Fsp3) is 0.263. The molecular weight excluding hydrogens is 410 g/mol. The van der Waals surface area contributed by atoms with Gasteiger partial charge in [-0.15, -0.1) is 15.0 Å². The van der Waals surface area contributed by atoms with Crippen LogP contribution in [0.15, 0.2) is 53.4 Å². The van der Waals surface area contributed by atoms with Crippen LogP contribution >= 0.6 is 0 Å². The van der Waals surface area contributed by atoms with Gasteiger partial charge in [-0.3, -0.25) is 4.79 Å². The molecule has 3 aromatic rings. The number of aliphatic carboxylic acids is 1. The number of carboxylic acid groups (broad SMARTS) is 1. The lowest BCUT2D eigenvalue weighted by Gasteiger charge is -2.18. The van der Waals surface area contributed by atoms with Gasteiger partial charge in [-0.2, -0.15) is 4.72 Å². The molecular formula is C19H21N5O5S. The molecule has 0 aliphatic heterocycles. The predicted octanol–water partition coefficient (Wildman–Crippen LogP) is 1.73. The number of carboxylic acids is 1. The SMILES string of the molecule is COc1ccc(-n2nnc(-c3ccc(S(=O)(=O)N[C@@H](C(=O)O)C(C)C)cc3)n2)cc1. The molecule has 1 heterocycles. The number of carbonyl (C=O) groups is 1. The summed E-state index contributed by atoms with van der Waals surface area (Å²) in [5, 5.41) is 21.5. The van der Waals surface area contributed by atoms with Crippen molar-refractivity contribution in [1.29, 1.82) is 0 Å². The first-order chi connectivity index (χ1) is 14.2. The maximum Gasteiger partial charge on any atom is 0.322 e. The number of rotatable bonds is 8. The fourth-order valence-corrected chi connectivity index (χ4v) is 3.98. The number of tetrazole rings is 1. The Hall–Kier alpha value is -3.31. The Morgan fingerprint density at radius 1 is 1.10 bits per heavy atom. The van der Waals surface area contributed by atoms with Crippen LogP contribution in [0.4, 0.5) is 0 Å². The molecule has 158 valence electrons. The van der Waals surface area contributed by atoms with Crippen molar-refractivity contribution in [3.8, 4) is 22.8 Å². The Morgan fingerprint density at radius 3 is 2.27 bits per heavy atom. The molecule has 0 aliphatic carbocycles. The highest BCUT2D eigenvalue weighted by Crippen LogP contribution is 2.20. The third kappa shape index (κ3) is 4.63. The van der Waals surface area contributed by atoms with E-state index in [9.17, 15) is 18.3 Å². The van der Waals surface area contributed by atoms with E-state index >= 15 is 0 Å². The lowest BCUT2D eigenvalue weighted by Crippen LogP contribution is -2.44. The van der Waals surface area contributed by atoms with Gasteiger partial charge >= 0.3 is 5.97 Å². The molecule has 0 saturated heterocycles. The summed E-state index contributed by atoms with van der Waals surface area (Å²) in [6, 6.07) is 11.7. The number of aromatic nitrogens is 4. The maximum atomic E-state index is 12.5. The molecule has 30 heavy (non-hydrogen) atoms. The van der Waals surface area contributed by atoms with Crippen LogP contribution in [0.5, 0.6) is 5.75 Å². The summed E-state index contributed by atoms with van der Waals surface area (Å²) in [7, 11) is -2.42. The first kappa shape index (κ1) is 21.4. The third-order valence-electron chi connectivity index (χ3n) is 4.35. The van der Waals surface area contributed by atoms with Crippen molar-refractivity contribution < 1.29 is 23.1 Å². The quantitative estimate of drug-likeness (QED) is 0.550. The van der Waals surface area contributed by atoms with Crippen LogP contribution in [0.2, 0.25) is 0 Å². The van der Waals surface area contributed by atoms with E-state index in [1.807, 2.05) is 0 Å². The Kier molecular flexibility index (Phi) is 6.13. The van der Waals surface area contributed by atoms with Crippen LogP contribution in [0.25, 0.3) is 17.1 Å². The van der Waals surface area contributed by atoms with Crippen molar-refractivity contribution in [1.82, 2.24) is 24.9 Å². The molecule has 2 N–H and O–H groups in total. The smallest absolute Gasteiger partial charge is 0.322 e. The molecule has 0 amide bonds. The van der Waals surface area contributed by atoms with E-state index in [1.165, 1.54) is 29.1 Å². The molecule has 0 saturated carbocycles. The van der Waals surface area contributed by atoms with Gasteiger partial charge < -0.3 is 9.84 Å². The number of methoxy groups -OCH3 is 1. The van der Waals surface area contributed by atoms with Gasteiger partial charge in [0.05, 0.1) is 17.7 Å². The Balaban J connectivity index is 1.80. The second-order valence-corrected chi connectivity index (χ2v) is 8.52. The van der Waals surface area contributed by atoms with Crippen LogP contribution in [-0.2, 0) is 14.8 Å². The highest BCUT2D eigenvalue weighted by molar-refractivity contribution is 7.89. The number of nitrogens with one attached hydrogen (secondary N) is 1. The standard InChI is InChI=1S/C19H21N5O5S/c1-12(2)17(19(25)26)22-30(27,28)16-10-4-13(5-11-16)18-20-23-24(21-18)14-6-8-15(29-3)9-7-14/h4-12,17,22H,1-3H3,(H,25,26)/t17-/m1/s1. The number of benzene rings is 2. The molecule has 0 radical (unpaired) electrons.